The molecule has 1 amide bonds. The predicted octanol–water partition coefficient (Wildman–Crippen LogP) is 1.27. The maximum atomic E-state index is 11.0. The SMILES string of the molecule is COc1ccc2nc(CCl)n(CC(N)=O)c2c1. The van der Waals surface area contributed by atoms with Crippen molar-refractivity contribution in [2.75, 3.05) is 7.11 Å². The summed E-state index contributed by atoms with van der Waals surface area (Å²) in [5.41, 5.74) is 6.76. The molecule has 0 aliphatic heterocycles. The number of nitrogens with zero attached hydrogens (tertiary/aromatic N) is 2. The van der Waals surface area contributed by atoms with Crippen LogP contribution in [-0.4, -0.2) is 22.6 Å². The van der Waals surface area contributed by atoms with Crippen LogP contribution in [0, 0.1) is 0 Å². The summed E-state index contributed by atoms with van der Waals surface area (Å²) in [6.07, 6.45) is 0. The molecule has 0 bridgehead atoms. The van der Waals surface area contributed by atoms with Crippen LogP contribution in [0.15, 0.2) is 18.2 Å². The van der Waals surface area contributed by atoms with E-state index in [0.717, 1.165) is 11.0 Å². The molecule has 0 aliphatic carbocycles. The summed E-state index contributed by atoms with van der Waals surface area (Å²) in [7, 11) is 1.58. The summed E-state index contributed by atoms with van der Waals surface area (Å²) in [5.74, 6) is 1.11. The van der Waals surface area contributed by atoms with Crippen molar-refractivity contribution in [2.24, 2.45) is 5.73 Å². The van der Waals surface area contributed by atoms with Crippen LogP contribution in [-0.2, 0) is 17.2 Å². The molecule has 1 aromatic carbocycles. The molecule has 0 aliphatic rings. The van der Waals surface area contributed by atoms with Gasteiger partial charge >= 0.3 is 0 Å². The van der Waals surface area contributed by atoms with Crippen LogP contribution < -0.4 is 10.5 Å². The van der Waals surface area contributed by atoms with Gasteiger partial charge in [0.2, 0.25) is 5.91 Å². The molecule has 1 heterocycles. The quantitative estimate of drug-likeness (QED) is 0.834. The van der Waals surface area contributed by atoms with E-state index in [4.69, 9.17) is 22.1 Å². The number of carbonyl (C=O) groups is 1. The lowest BCUT2D eigenvalue weighted by Gasteiger charge is -2.05. The molecule has 5 nitrogen and oxygen atoms in total. The molecule has 1 aromatic heterocycles. The number of nitrogens with two attached hydrogens (primary N) is 1. The molecule has 0 saturated carbocycles. The summed E-state index contributed by atoms with van der Waals surface area (Å²) < 4.78 is 6.84. The summed E-state index contributed by atoms with van der Waals surface area (Å²) >= 11 is 5.79. The van der Waals surface area contributed by atoms with Gasteiger partial charge in [-0.1, -0.05) is 0 Å². The molecule has 17 heavy (non-hydrogen) atoms. The second-order valence-corrected chi connectivity index (χ2v) is 3.84. The molecule has 0 atom stereocenters. The highest BCUT2D eigenvalue weighted by atomic mass is 35.5. The lowest BCUT2D eigenvalue weighted by atomic mass is 10.3. The lowest BCUT2D eigenvalue weighted by molar-refractivity contribution is -0.118. The zero-order valence-electron chi connectivity index (χ0n) is 9.31. The fourth-order valence-electron chi connectivity index (χ4n) is 1.71. The number of rotatable bonds is 4. The van der Waals surface area contributed by atoms with E-state index in [2.05, 4.69) is 4.98 Å². The molecule has 90 valence electrons. The average Bonchev–Trinajstić information content (AvgIpc) is 2.66. The number of benzene rings is 1. The van der Waals surface area contributed by atoms with Gasteiger partial charge in [0.1, 0.15) is 18.1 Å². The predicted molar refractivity (Wildman–Crippen MR) is 65.0 cm³/mol. The number of fused-ring (bicyclic) bond motifs is 1. The maximum absolute atomic E-state index is 11.0. The van der Waals surface area contributed by atoms with E-state index in [1.165, 1.54) is 0 Å². The van der Waals surface area contributed by atoms with Gasteiger partial charge in [0.05, 0.1) is 24.0 Å². The second-order valence-electron chi connectivity index (χ2n) is 3.57. The Morgan fingerprint density at radius 3 is 2.94 bits per heavy atom. The van der Waals surface area contributed by atoms with Gasteiger partial charge < -0.3 is 15.0 Å². The minimum absolute atomic E-state index is 0.0612. The van der Waals surface area contributed by atoms with E-state index in [1.807, 2.05) is 12.1 Å². The Morgan fingerprint density at radius 1 is 1.59 bits per heavy atom. The van der Waals surface area contributed by atoms with Gasteiger partial charge in [-0.05, 0) is 12.1 Å². The van der Waals surface area contributed by atoms with Crippen molar-refractivity contribution in [1.29, 1.82) is 0 Å². The smallest absolute Gasteiger partial charge is 0.237 e. The molecule has 2 aromatic rings. The summed E-state index contributed by atoms with van der Waals surface area (Å²) in [6.45, 7) is 0.0612. The lowest BCUT2D eigenvalue weighted by Crippen LogP contribution is -2.19. The number of carbonyl (C=O) groups excluding carboxylic acids is 1. The number of halogens is 1. The first-order chi connectivity index (χ1) is 8.15. The molecule has 2 rings (SSSR count). The van der Waals surface area contributed by atoms with Crippen molar-refractivity contribution in [3.05, 3.63) is 24.0 Å². The highest BCUT2D eigenvalue weighted by Gasteiger charge is 2.12. The maximum Gasteiger partial charge on any atom is 0.237 e. The Bertz CT molecular complexity index is 565. The van der Waals surface area contributed by atoms with Gasteiger partial charge in [0.25, 0.3) is 0 Å². The zero-order valence-corrected chi connectivity index (χ0v) is 10.1. The molecule has 0 unspecified atom stereocenters. The fourth-order valence-corrected chi connectivity index (χ4v) is 1.92. The van der Waals surface area contributed by atoms with Crippen molar-refractivity contribution >= 4 is 28.5 Å². The highest BCUT2D eigenvalue weighted by Crippen LogP contribution is 2.22. The topological polar surface area (TPSA) is 70.1 Å². The minimum Gasteiger partial charge on any atom is -0.497 e. The molecule has 2 N–H and O–H groups in total. The Labute approximate surface area is 103 Å². The molecule has 0 fully saturated rings. The molecule has 0 radical (unpaired) electrons. The molecule has 6 heteroatoms. The monoisotopic (exact) mass is 253 g/mol. The number of ether oxygens (including phenoxy) is 1. The van der Waals surface area contributed by atoms with Crippen LogP contribution in [0.1, 0.15) is 5.82 Å². The third-order valence-electron chi connectivity index (χ3n) is 2.47. The number of alkyl halides is 1. The highest BCUT2D eigenvalue weighted by molar-refractivity contribution is 6.16. The van der Waals surface area contributed by atoms with Crippen molar-refractivity contribution in [3.63, 3.8) is 0 Å². The van der Waals surface area contributed by atoms with Crippen molar-refractivity contribution in [2.45, 2.75) is 12.4 Å². The average molecular weight is 254 g/mol. The third-order valence-corrected chi connectivity index (χ3v) is 2.71. The van der Waals surface area contributed by atoms with Gasteiger partial charge in [0.15, 0.2) is 0 Å². The zero-order chi connectivity index (χ0) is 12.4. The van der Waals surface area contributed by atoms with Crippen LogP contribution in [0.2, 0.25) is 0 Å². The van der Waals surface area contributed by atoms with Crippen LogP contribution >= 0.6 is 11.6 Å². The van der Waals surface area contributed by atoms with Gasteiger partial charge in [0, 0.05) is 6.07 Å². The van der Waals surface area contributed by atoms with Crippen molar-refractivity contribution < 1.29 is 9.53 Å². The van der Waals surface area contributed by atoms with Crippen molar-refractivity contribution in [3.8, 4) is 5.75 Å². The number of hydrogen-bond donors (Lipinski definition) is 1. The van der Waals surface area contributed by atoms with Crippen LogP contribution in [0.25, 0.3) is 11.0 Å². The van der Waals surface area contributed by atoms with Crippen LogP contribution in [0.5, 0.6) is 5.75 Å². The van der Waals surface area contributed by atoms with E-state index in [0.29, 0.717) is 11.6 Å². The first-order valence-corrected chi connectivity index (χ1v) is 5.56. The number of aromatic nitrogens is 2. The number of imidazole rings is 1. The number of amides is 1. The first-order valence-electron chi connectivity index (χ1n) is 5.03. The van der Waals surface area contributed by atoms with E-state index >= 15 is 0 Å². The summed E-state index contributed by atoms with van der Waals surface area (Å²) in [4.78, 5) is 15.4. The minimum atomic E-state index is -0.432. The molecule has 0 saturated heterocycles. The van der Waals surface area contributed by atoms with E-state index in [9.17, 15) is 4.79 Å². The number of methoxy groups -OCH3 is 1. The van der Waals surface area contributed by atoms with Gasteiger partial charge in [-0.25, -0.2) is 4.98 Å². The number of hydrogen-bond acceptors (Lipinski definition) is 3. The Kier molecular flexibility index (Phi) is 3.19. The number of primary amides is 1. The van der Waals surface area contributed by atoms with Gasteiger partial charge in [-0.15, -0.1) is 11.6 Å². The van der Waals surface area contributed by atoms with Crippen LogP contribution in [0.3, 0.4) is 0 Å². The Balaban J connectivity index is 2.62. The standard InChI is InChI=1S/C11H12ClN3O2/c1-17-7-2-3-8-9(4-7)15(6-10(13)16)11(5-12)14-8/h2-4H,5-6H2,1H3,(H2,13,16). The molecular formula is C11H12ClN3O2. The van der Waals surface area contributed by atoms with E-state index in [1.54, 1.807) is 17.7 Å². The van der Waals surface area contributed by atoms with Gasteiger partial charge in [-0.3, -0.25) is 4.79 Å². The van der Waals surface area contributed by atoms with Gasteiger partial charge in [-0.2, -0.15) is 0 Å². The van der Waals surface area contributed by atoms with Crippen molar-refractivity contribution in [1.82, 2.24) is 9.55 Å². The Morgan fingerprint density at radius 2 is 2.35 bits per heavy atom. The summed E-state index contributed by atoms with van der Waals surface area (Å²) in [5, 5.41) is 0. The van der Waals surface area contributed by atoms with E-state index < -0.39 is 5.91 Å². The first kappa shape index (κ1) is 11.7. The Hall–Kier alpha value is -1.75. The normalized spacial score (nSPS) is 10.7. The summed E-state index contributed by atoms with van der Waals surface area (Å²) in [6, 6.07) is 5.44. The fraction of sp³-hybridized carbons (Fsp3) is 0.273. The molecular weight excluding hydrogens is 242 g/mol. The third kappa shape index (κ3) is 2.19. The largest absolute Gasteiger partial charge is 0.497 e. The second kappa shape index (κ2) is 4.63. The van der Waals surface area contributed by atoms with Crippen LogP contribution in [0.4, 0.5) is 0 Å². The molecule has 0 spiro atoms. The van der Waals surface area contributed by atoms with E-state index in [-0.39, 0.29) is 12.4 Å².